The highest BCUT2D eigenvalue weighted by molar-refractivity contribution is 7.83. The van der Waals surface area contributed by atoms with Crippen LogP contribution in [0.2, 0.25) is 0 Å². The summed E-state index contributed by atoms with van der Waals surface area (Å²) in [6, 6.07) is 4.53. The van der Waals surface area contributed by atoms with Gasteiger partial charge in [0.05, 0.1) is 23.4 Å². The largest absolute Gasteiger partial charge is 0.505 e. The van der Waals surface area contributed by atoms with Crippen LogP contribution >= 0.6 is 0 Å². The van der Waals surface area contributed by atoms with Crippen LogP contribution in [0.25, 0.3) is 0 Å². The van der Waals surface area contributed by atoms with Crippen LogP contribution in [0, 0.1) is 0 Å². The Bertz CT molecular complexity index is 824. The van der Waals surface area contributed by atoms with Crippen LogP contribution in [-0.4, -0.2) is 63.1 Å². The fourth-order valence-corrected chi connectivity index (χ4v) is 3.70. The van der Waals surface area contributed by atoms with Crippen molar-refractivity contribution in [1.82, 2.24) is 10.2 Å². The quantitative estimate of drug-likeness (QED) is 0.563. The number of nitrogens with zero attached hydrogens (tertiary/aromatic N) is 3. The number of anilines is 1. The van der Waals surface area contributed by atoms with Crippen molar-refractivity contribution in [3.05, 3.63) is 23.8 Å². The maximum atomic E-state index is 12.2. The number of hydrogen-bond acceptors (Lipinski definition) is 6. The summed E-state index contributed by atoms with van der Waals surface area (Å²) >= 11 is -1.79. The first-order chi connectivity index (χ1) is 12.9. The summed E-state index contributed by atoms with van der Waals surface area (Å²) in [6.45, 7) is 0. The van der Waals surface area contributed by atoms with Crippen LogP contribution < -0.4 is 10.6 Å². The van der Waals surface area contributed by atoms with Gasteiger partial charge in [-0.05, 0) is 25.0 Å². The van der Waals surface area contributed by atoms with Crippen molar-refractivity contribution >= 4 is 34.4 Å². The van der Waals surface area contributed by atoms with Crippen molar-refractivity contribution in [3.63, 3.8) is 0 Å². The number of carbonyl (C=O) groups excluding carboxylic acids is 1. The maximum Gasteiger partial charge on any atom is 0.269 e. The lowest BCUT2D eigenvalue weighted by Crippen LogP contribution is -2.48. The van der Waals surface area contributed by atoms with E-state index in [1.807, 2.05) is 0 Å². The van der Waals surface area contributed by atoms with E-state index in [0.717, 1.165) is 19.3 Å². The lowest BCUT2D eigenvalue weighted by Gasteiger charge is -2.29. The van der Waals surface area contributed by atoms with Gasteiger partial charge >= 0.3 is 0 Å². The van der Waals surface area contributed by atoms with Crippen molar-refractivity contribution in [3.8, 4) is 5.75 Å². The topological polar surface area (TPSA) is 127 Å². The smallest absolute Gasteiger partial charge is 0.269 e. The Kier molecular flexibility index (Phi) is 5.76. The summed E-state index contributed by atoms with van der Waals surface area (Å²) in [7, 11) is 3.19. The molecule has 2 aliphatic rings. The third kappa shape index (κ3) is 4.28. The van der Waals surface area contributed by atoms with Gasteiger partial charge in [0.1, 0.15) is 0 Å². The Morgan fingerprint density at radius 1 is 1.22 bits per heavy atom. The highest BCUT2D eigenvalue weighted by Gasteiger charge is 2.28. The molecule has 0 bridgehead atoms. The molecule has 3 rings (SSSR count). The molecule has 1 aromatic rings. The van der Waals surface area contributed by atoms with Crippen LogP contribution in [0.4, 0.5) is 5.69 Å². The van der Waals surface area contributed by atoms with E-state index in [1.54, 1.807) is 26.2 Å². The molecule has 1 unspecified atom stereocenters. The highest BCUT2D eigenvalue weighted by Crippen LogP contribution is 2.29. The summed E-state index contributed by atoms with van der Waals surface area (Å²) in [4.78, 5) is 13.5. The Morgan fingerprint density at radius 3 is 2.63 bits per heavy atom. The van der Waals surface area contributed by atoms with Gasteiger partial charge in [0.2, 0.25) is 0 Å². The summed E-state index contributed by atoms with van der Waals surface area (Å²) < 4.78 is 19.7. The predicted molar refractivity (Wildman–Crippen MR) is 104 cm³/mol. The number of phenolic OH excluding ortho intramolecular Hbond substituents is 1. The maximum absolute atomic E-state index is 12.2. The first-order valence-electron chi connectivity index (χ1n) is 8.72. The van der Waals surface area contributed by atoms with E-state index in [-0.39, 0.29) is 40.6 Å². The number of benzene rings is 1. The minimum absolute atomic E-state index is 0.138. The molecule has 9 nitrogen and oxygen atoms in total. The van der Waals surface area contributed by atoms with Gasteiger partial charge in [0.25, 0.3) is 17.1 Å². The molecular weight excluding hydrogens is 370 g/mol. The van der Waals surface area contributed by atoms with E-state index in [9.17, 15) is 19.2 Å². The molecule has 1 aromatic carbocycles. The standard InChI is InChI=1S/C17H23N5O4S/c1-22(2)17(25)10-6-5-8-12(14(10)24)19-16-15(20-27(26)21-16)18-11-7-3-4-9-13(11)23/h5-6,8,11,13,23-24H,3-4,7,9H2,1-2H3,(H,18,20)(H,19,21)/t11-,13-,27?/m0/s1. The van der Waals surface area contributed by atoms with Crippen LogP contribution in [-0.2, 0) is 11.2 Å². The minimum Gasteiger partial charge on any atom is -0.505 e. The number of nitrogens with one attached hydrogen (secondary N) is 2. The molecule has 3 atom stereocenters. The molecule has 4 N–H and O–H groups in total. The minimum atomic E-state index is -1.79. The van der Waals surface area contributed by atoms with Crippen molar-refractivity contribution < 1.29 is 19.2 Å². The average Bonchev–Trinajstić information content (AvgIpc) is 2.97. The number of aliphatic hydroxyl groups is 1. The van der Waals surface area contributed by atoms with E-state index < -0.39 is 17.3 Å². The Morgan fingerprint density at radius 2 is 1.93 bits per heavy atom. The molecule has 27 heavy (non-hydrogen) atoms. The Hall–Kier alpha value is -2.46. The predicted octanol–water partition coefficient (Wildman–Crippen LogP) is 0.788. The molecule has 10 heteroatoms. The first-order valence-corrected chi connectivity index (χ1v) is 9.78. The van der Waals surface area contributed by atoms with Crippen molar-refractivity contribution in [2.75, 3.05) is 19.4 Å². The van der Waals surface area contributed by atoms with E-state index in [0.29, 0.717) is 6.42 Å². The fraction of sp³-hybridized carbons (Fsp3) is 0.471. The molecule has 1 aliphatic heterocycles. The number of carbonyl (C=O) groups is 1. The molecule has 1 aliphatic carbocycles. The molecule has 1 fully saturated rings. The Labute approximate surface area is 159 Å². The van der Waals surface area contributed by atoms with Gasteiger partial charge in [-0.2, -0.15) is 0 Å². The third-order valence-corrected chi connectivity index (χ3v) is 5.22. The number of aromatic hydroxyl groups is 1. The zero-order valence-electron chi connectivity index (χ0n) is 15.2. The van der Waals surface area contributed by atoms with Crippen molar-refractivity contribution in [2.45, 2.75) is 37.8 Å². The number of hydrogen-bond donors (Lipinski definition) is 4. The van der Waals surface area contributed by atoms with Crippen molar-refractivity contribution in [2.24, 2.45) is 8.80 Å². The molecule has 0 aromatic heterocycles. The van der Waals surface area contributed by atoms with Crippen LogP contribution in [0.3, 0.4) is 0 Å². The number of rotatable bonds is 3. The second-order valence-electron chi connectivity index (χ2n) is 6.74. The van der Waals surface area contributed by atoms with E-state index in [4.69, 9.17) is 0 Å². The van der Waals surface area contributed by atoms with Gasteiger partial charge in [-0.15, -0.1) is 8.80 Å². The third-order valence-electron chi connectivity index (χ3n) is 4.54. The molecule has 1 heterocycles. The Balaban J connectivity index is 1.79. The fourth-order valence-electron chi connectivity index (χ4n) is 3.08. The number of phenols is 1. The van der Waals surface area contributed by atoms with Crippen LogP contribution in [0.15, 0.2) is 27.0 Å². The summed E-state index contributed by atoms with van der Waals surface area (Å²) in [5, 5.41) is 26.6. The summed E-state index contributed by atoms with van der Waals surface area (Å²) in [5.74, 6) is -0.113. The molecule has 0 spiro atoms. The van der Waals surface area contributed by atoms with E-state index >= 15 is 0 Å². The number of amides is 1. The van der Waals surface area contributed by atoms with Crippen LogP contribution in [0.1, 0.15) is 36.0 Å². The molecular formula is C17H23N5O4S. The van der Waals surface area contributed by atoms with Gasteiger partial charge in [-0.3, -0.25) is 4.79 Å². The van der Waals surface area contributed by atoms with Gasteiger partial charge in [0, 0.05) is 14.1 Å². The summed E-state index contributed by atoms with van der Waals surface area (Å²) in [6.07, 6.45) is 2.92. The number of aliphatic hydroxyl groups excluding tert-OH is 1. The van der Waals surface area contributed by atoms with Gasteiger partial charge in [0.15, 0.2) is 17.4 Å². The van der Waals surface area contributed by atoms with Crippen molar-refractivity contribution in [1.29, 1.82) is 0 Å². The van der Waals surface area contributed by atoms with E-state index in [1.165, 1.54) is 11.0 Å². The zero-order valence-corrected chi connectivity index (χ0v) is 16.0. The molecule has 146 valence electrons. The van der Waals surface area contributed by atoms with Gasteiger partial charge in [-0.1, -0.05) is 18.9 Å². The lowest BCUT2D eigenvalue weighted by molar-refractivity contribution is 0.0824. The molecule has 0 saturated heterocycles. The van der Waals surface area contributed by atoms with Crippen LogP contribution in [0.5, 0.6) is 5.75 Å². The number of para-hydroxylation sites is 1. The molecule has 0 radical (unpaired) electrons. The van der Waals surface area contributed by atoms with Gasteiger partial charge < -0.3 is 25.7 Å². The van der Waals surface area contributed by atoms with Gasteiger partial charge in [-0.25, -0.2) is 4.21 Å². The summed E-state index contributed by atoms with van der Waals surface area (Å²) in [5.41, 5.74) is 0.387. The lowest BCUT2D eigenvalue weighted by atomic mass is 9.92. The van der Waals surface area contributed by atoms with E-state index in [2.05, 4.69) is 19.4 Å². The first kappa shape index (κ1) is 19.3. The normalized spacial score (nSPS) is 24.8. The molecule has 1 amide bonds. The second kappa shape index (κ2) is 8.05. The molecule has 1 saturated carbocycles. The highest BCUT2D eigenvalue weighted by atomic mass is 32.2. The SMILES string of the molecule is CN(C)C(=O)c1cccc(NC2=NS(=O)N=C2N[C@H]2CCCC[C@@H]2O)c1O. The monoisotopic (exact) mass is 393 g/mol. The zero-order chi connectivity index (χ0) is 19.6. The average molecular weight is 393 g/mol. The number of amidine groups is 2. The second-order valence-corrected chi connectivity index (χ2v) is 7.57.